The summed E-state index contributed by atoms with van der Waals surface area (Å²) >= 11 is 5.98. The second-order valence-corrected chi connectivity index (χ2v) is 5.99. The Kier molecular flexibility index (Phi) is 5.52. The van der Waals surface area contributed by atoms with Crippen molar-refractivity contribution >= 4 is 11.6 Å². The van der Waals surface area contributed by atoms with Gasteiger partial charge in [-0.15, -0.1) is 0 Å². The smallest absolute Gasteiger partial charge is 0.0409 e. The van der Waals surface area contributed by atoms with Crippen molar-refractivity contribution in [2.24, 2.45) is 11.8 Å². The molecule has 1 aliphatic rings. The van der Waals surface area contributed by atoms with Gasteiger partial charge in [-0.1, -0.05) is 49.9 Å². The summed E-state index contributed by atoms with van der Waals surface area (Å²) in [7, 11) is 0. The van der Waals surface area contributed by atoms with Gasteiger partial charge in [-0.25, -0.2) is 0 Å². The van der Waals surface area contributed by atoms with E-state index in [2.05, 4.69) is 18.3 Å². The Balaban J connectivity index is 1.67. The fraction of sp³-hybridized carbons (Fsp3) is 0.625. The predicted molar refractivity (Wildman–Crippen MR) is 78.9 cm³/mol. The highest BCUT2D eigenvalue weighted by Crippen LogP contribution is 2.30. The average Bonchev–Trinajstić information content (AvgIpc) is 2.40. The van der Waals surface area contributed by atoms with Crippen LogP contribution in [0.5, 0.6) is 0 Å². The van der Waals surface area contributed by atoms with E-state index in [-0.39, 0.29) is 0 Å². The molecule has 1 saturated carbocycles. The van der Waals surface area contributed by atoms with Gasteiger partial charge in [-0.3, -0.25) is 0 Å². The summed E-state index contributed by atoms with van der Waals surface area (Å²) in [5.74, 6) is 1.88. The number of nitrogens with one attached hydrogen (secondary N) is 1. The third-order valence-corrected chi connectivity index (χ3v) is 4.43. The van der Waals surface area contributed by atoms with Crippen molar-refractivity contribution in [3.8, 4) is 0 Å². The fourth-order valence-electron chi connectivity index (χ4n) is 2.91. The van der Waals surface area contributed by atoms with Gasteiger partial charge in [-0.05, 0) is 48.9 Å². The molecule has 1 N–H and O–H groups in total. The van der Waals surface area contributed by atoms with E-state index in [0.29, 0.717) is 0 Å². The van der Waals surface area contributed by atoms with Gasteiger partial charge in [0.1, 0.15) is 0 Å². The van der Waals surface area contributed by atoms with E-state index in [1.54, 1.807) is 0 Å². The zero-order valence-corrected chi connectivity index (χ0v) is 12.0. The van der Waals surface area contributed by atoms with Crippen molar-refractivity contribution in [1.29, 1.82) is 0 Å². The Morgan fingerprint density at radius 2 is 1.89 bits per heavy atom. The number of hydrogen-bond donors (Lipinski definition) is 1. The van der Waals surface area contributed by atoms with Crippen LogP contribution in [0.4, 0.5) is 0 Å². The maximum Gasteiger partial charge on any atom is 0.0409 e. The van der Waals surface area contributed by atoms with Gasteiger partial charge >= 0.3 is 0 Å². The molecule has 18 heavy (non-hydrogen) atoms. The first kappa shape index (κ1) is 13.9. The second-order valence-electron chi connectivity index (χ2n) is 5.56. The highest BCUT2D eigenvalue weighted by Gasteiger charge is 2.19. The molecule has 0 spiro atoms. The highest BCUT2D eigenvalue weighted by molar-refractivity contribution is 6.30. The predicted octanol–water partition coefficient (Wildman–Crippen LogP) is 4.65. The highest BCUT2D eigenvalue weighted by atomic mass is 35.5. The van der Waals surface area contributed by atoms with Gasteiger partial charge in [0.25, 0.3) is 0 Å². The molecule has 0 radical (unpaired) electrons. The molecule has 1 aromatic rings. The quantitative estimate of drug-likeness (QED) is 0.817. The molecule has 0 saturated heterocycles. The molecule has 1 nitrogen and oxygen atoms in total. The van der Waals surface area contributed by atoms with Crippen LogP contribution >= 0.6 is 11.6 Å². The molecule has 1 aromatic carbocycles. The monoisotopic (exact) mass is 265 g/mol. The zero-order chi connectivity index (χ0) is 12.8. The standard InChI is InChI=1S/C16H24ClN/c1-2-13-6-8-14(9-7-13)11-18-12-15-4-3-5-16(17)10-15/h3-5,10,13-14,18H,2,6-9,11-12H2,1H3. The Morgan fingerprint density at radius 1 is 1.17 bits per heavy atom. The van der Waals surface area contributed by atoms with Crippen LogP contribution in [0.2, 0.25) is 5.02 Å². The Labute approximate surface area is 116 Å². The van der Waals surface area contributed by atoms with Crippen molar-refractivity contribution in [3.05, 3.63) is 34.9 Å². The molecule has 0 heterocycles. The average molecular weight is 266 g/mol. The third-order valence-electron chi connectivity index (χ3n) is 4.19. The summed E-state index contributed by atoms with van der Waals surface area (Å²) < 4.78 is 0. The number of rotatable bonds is 5. The molecule has 0 bridgehead atoms. The van der Waals surface area contributed by atoms with Gasteiger partial charge in [0.2, 0.25) is 0 Å². The summed E-state index contributed by atoms with van der Waals surface area (Å²) in [5.41, 5.74) is 1.28. The molecule has 0 aliphatic heterocycles. The van der Waals surface area contributed by atoms with Gasteiger partial charge in [0.15, 0.2) is 0 Å². The minimum absolute atomic E-state index is 0.831. The van der Waals surface area contributed by atoms with E-state index < -0.39 is 0 Å². The van der Waals surface area contributed by atoms with E-state index in [0.717, 1.165) is 29.9 Å². The van der Waals surface area contributed by atoms with Crippen LogP contribution < -0.4 is 5.32 Å². The third kappa shape index (κ3) is 4.29. The first-order valence-corrected chi connectivity index (χ1v) is 7.61. The van der Waals surface area contributed by atoms with E-state index in [1.807, 2.05) is 18.2 Å². The summed E-state index contributed by atoms with van der Waals surface area (Å²) in [5, 5.41) is 4.40. The fourth-order valence-corrected chi connectivity index (χ4v) is 3.12. The Morgan fingerprint density at radius 3 is 2.56 bits per heavy atom. The molecular weight excluding hydrogens is 242 g/mol. The maximum atomic E-state index is 5.98. The van der Waals surface area contributed by atoms with Crippen LogP contribution in [0.15, 0.2) is 24.3 Å². The topological polar surface area (TPSA) is 12.0 Å². The van der Waals surface area contributed by atoms with Crippen LogP contribution in [0, 0.1) is 11.8 Å². The maximum absolute atomic E-state index is 5.98. The lowest BCUT2D eigenvalue weighted by Crippen LogP contribution is -2.26. The van der Waals surface area contributed by atoms with E-state index in [1.165, 1.54) is 37.7 Å². The number of hydrogen-bond acceptors (Lipinski definition) is 1. The second kappa shape index (κ2) is 7.16. The van der Waals surface area contributed by atoms with Crippen molar-refractivity contribution < 1.29 is 0 Å². The van der Waals surface area contributed by atoms with Crippen LogP contribution in [0.3, 0.4) is 0 Å². The molecule has 0 aromatic heterocycles. The summed E-state index contributed by atoms with van der Waals surface area (Å²) in [6.07, 6.45) is 7.03. The lowest BCUT2D eigenvalue weighted by atomic mass is 9.81. The lowest BCUT2D eigenvalue weighted by Gasteiger charge is -2.27. The molecule has 100 valence electrons. The molecule has 1 fully saturated rings. The molecule has 0 atom stereocenters. The van der Waals surface area contributed by atoms with Gasteiger partial charge in [-0.2, -0.15) is 0 Å². The van der Waals surface area contributed by atoms with Crippen LogP contribution in [0.1, 0.15) is 44.6 Å². The summed E-state index contributed by atoms with van der Waals surface area (Å²) in [6, 6.07) is 8.12. The van der Waals surface area contributed by atoms with E-state index in [9.17, 15) is 0 Å². The van der Waals surface area contributed by atoms with Crippen molar-refractivity contribution in [2.75, 3.05) is 6.54 Å². The van der Waals surface area contributed by atoms with Crippen molar-refractivity contribution in [1.82, 2.24) is 5.32 Å². The summed E-state index contributed by atoms with van der Waals surface area (Å²) in [4.78, 5) is 0. The Hall–Kier alpha value is -0.530. The van der Waals surface area contributed by atoms with E-state index >= 15 is 0 Å². The summed E-state index contributed by atoms with van der Waals surface area (Å²) in [6.45, 7) is 4.42. The van der Waals surface area contributed by atoms with Crippen LogP contribution in [0.25, 0.3) is 0 Å². The van der Waals surface area contributed by atoms with Gasteiger partial charge < -0.3 is 5.32 Å². The molecule has 2 rings (SSSR count). The van der Waals surface area contributed by atoms with Gasteiger partial charge in [0.05, 0.1) is 0 Å². The molecule has 0 unspecified atom stereocenters. The van der Waals surface area contributed by atoms with Gasteiger partial charge in [0, 0.05) is 11.6 Å². The molecule has 2 heteroatoms. The number of halogens is 1. The van der Waals surface area contributed by atoms with E-state index in [4.69, 9.17) is 11.6 Å². The van der Waals surface area contributed by atoms with Crippen molar-refractivity contribution in [3.63, 3.8) is 0 Å². The molecule has 1 aliphatic carbocycles. The first-order chi connectivity index (χ1) is 8.78. The van der Waals surface area contributed by atoms with Crippen LogP contribution in [-0.4, -0.2) is 6.54 Å². The molecular formula is C16H24ClN. The Bertz CT molecular complexity index is 356. The minimum atomic E-state index is 0.831. The lowest BCUT2D eigenvalue weighted by molar-refractivity contribution is 0.262. The number of benzene rings is 1. The SMILES string of the molecule is CCC1CCC(CNCc2cccc(Cl)c2)CC1. The zero-order valence-electron chi connectivity index (χ0n) is 11.3. The largest absolute Gasteiger partial charge is 0.312 e. The first-order valence-electron chi connectivity index (χ1n) is 7.23. The molecule has 0 amide bonds. The normalized spacial score (nSPS) is 24.1. The van der Waals surface area contributed by atoms with Crippen molar-refractivity contribution in [2.45, 2.75) is 45.6 Å². The van der Waals surface area contributed by atoms with Crippen LogP contribution in [-0.2, 0) is 6.54 Å². The minimum Gasteiger partial charge on any atom is -0.312 e.